The van der Waals surface area contributed by atoms with Crippen LogP contribution in [0, 0.1) is 0 Å². The number of halogens is 4. The van der Waals surface area contributed by atoms with E-state index >= 15 is 0 Å². The second kappa shape index (κ2) is 3.01. The van der Waals surface area contributed by atoms with Crippen molar-refractivity contribution >= 4 is 0 Å². The molecule has 0 aromatic rings. The average molecular weight is 157 g/mol. The van der Waals surface area contributed by atoms with Crippen molar-refractivity contribution in [2.24, 2.45) is 0 Å². The first-order chi connectivity index (χ1) is 4.39. The average Bonchev–Trinajstić information content (AvgIpc) is 1.60. The predicted octanol–water partition coefficient (Wildman–Crippen LogP) is 1.62. The van der Waals surface area contributed by atoms with E-state index in [2.05, 4.69) is 6.58 Å². The van der Waals surface area contributed by atoms with Crippen LogP contribution in [0.5, 0.6) is 0 Å². The molecule has 0 heterocycles. The molecule has 0 aromatic carbocycles. The molecular formula is C5H7F4N. The van der Waals surface area contributed by atoms with Crippen molar-refractivity contribution in [2.75, 3.05) is 7.05 Å². The lowest BCUT2D eigenvalue weighted by atomic mass is 10.3. The zero-order valence-corrected chi connectivity index (χ0v) is 5.30. The van der Waals surface area contributed by atoms with Crippen molar-refractivity contribution in [3.05, 3.63) is 12.4 Å². The third kappa shape index (κ3) is 2.34. The molecule has 0 amide bonds. The Bertz CT molecular complexity index is 128. The minimum atomic E-state index is -4.60. The van der Waals surface area contributed by atoms with Crippen LogP contribution in [0.4, 0.5) is 17.6 Å². The van der Waals surface area contributed by atoms with Gasteiger partial charge < -0.3 is 5.32 Å². The smallest absolute Gasteiger partial charge is 0.304 e. The van der Waals surface area contributed by atoms with Gasteiger partial charge in [0.2, 0.25) is 0 Å². The Morgan fingerprint density at radius 2 is 1.90 bits per heavy atom. The van der Waals surface area contributed by atoms with Crippen molar-refractivity contribution < 1.29 is 17.6 Å². The predicted molar refractivity (Wildman–Crippen MR) is 29.2 cm³/mol. The van der Waals surface area contributed by atoms with Gasteiger partial charge in [0.25, 0.3) is 0 Å². The number of nitrogens with one attached hydrogen (secondary N) is 1. The zero-order chi connectivity index (χ0) is 8.36. The molecule has 1 N–H and O–H groups in total. The second-order valence-corrected chi connectivity index (χ2v) is 1.71. The molecule has 0 bridgehead atoms. The number of hydrogen-bond acceptors (Lipinski definition) is 1. The van der Waals surface area contributed by atoms with Crippen molar-refractivity contribution in [2.45, 2.75) is 12.2 Å². The monoisotopic (exact) mass is 157 g/mol. The molecule has 0 aromatic heterocycles. The highest BCUT2D eigenvalue weighted by molar-refractivity contribution is 4.99. The Morgan fingerprint density at radius 1 is 1.50 bits per heavy atom. The van der Waals surface area contributed by atoms with Crippen LogP contribution in [-0.4, -0.2) is 19.3 Å². The maximum Gasteiger partial charge on any atom is 0.410 e. The fraction of sp³-hybridized carbons (Fsp3) is 0.600. The molecule has 1 atom stereocenters. The zero-order valence-electron chi connectivity index (χ0n) is 5.30. The number of rotatable bonds is 2. The Morgan fingerprint density at radius 3 is 1.90 bits per heavy atom. The van der Waals surface area contributed by atoms with Crippen molar-refractivity contribution in [3.63, 3.8) is 0 Å². The molecule has 0 saturated carbocycles. The molecule has 10 heavy (non-hydrogen) atoms. The highest BCUT2D eigenvalue weighted by Crippen LogP contribution is 2.24. The molecular weight excluding hydrogens is 150 g/mol. The van der Waals surface area contributed by atoms with E-state index in [1.165, 1.54) is 0 Å². The fourth-order valence-electron chi connectivity index (χ4n) is 0.498. The quantitative estimate of drug-likeness (QED) is 0.600. The summed E-state index contributed by atoms with van der Waals surface area (Å²) in [6.45, 7) is 2.54. The van der Waals surface area contributed by atoms with Crippen LogP contribution in [0.1, 0.15) is 0 Å². The summed E-state index contributed by atoms with van der Waals surface area (Å²) in [5.74, 6) is -1.42. The van der Waals surface area contributed by atoms with Crippen molar-refractivity contribution in [3.8, 4) is 0 Å². The maximum absolute atomic E-state index is 11.9. The van der Waals surface area contributed by atoms with Crippen LogP contribution in [0.2, 0.25) is 0 Å². The Balaban J connectivity index is 4.22. The summed E-state index contributed by atoms with van der Waals surface area (Å²) < 4.78 is 46.7. The van der Waals surface area contributed by atoms with Crippen LogP contribution in [0.3, 0.4) is 0 Å². The lowest BCUT2D eigenvalue weighted by Crippen LogP contribution is -2.40. The molecule has 1 unspecified atom stereocenters. The van der Waals surface area contributed by atoms with Crippen LogP contribution in [-0.2, 0) is 0 Å². The van der Waals surface area contributed by atoms with Crippen LogP contribution in [0.15, 0.2) is 12.4 Å². The van der Waals surface area contributed by atoms with Gasteiger partial charge in [-0.3, -0.25) is 0 Å². The summed E-state index contributed by atoms with van der Waals surface area (Å²) in [6.07, 6.45) is -4.60. The van der Waals surface area contributed by atoms with E-state index in [1.54, 1.807) is 5.32 Å². The topological polar surface area (TPSA) is 12.0 Å². The molecule has 5 heteroatoms. The standard InChI is InChI=1S/C5H7F4N/c1-3(6)4(10-2)5(7,8)9/h4,10H,1H2,2H3. The molecule has 0 radical (unpaired) electrons. The summed E-state index contributed by atoms with van der Waals surface area (Å²) >= 11 is 0. The van der Waals surface area contributed by atoms with Gasteiger partial charge in [-0.25, -0.2) is 4.39 Å². The van der Waals surface area contributed by atoms with E-state index < -0.39 is 18.0 Å². The molecule has 0 rings (SSSR count). The number of likely N-dealkylation sites (N-methyl/N-ethyl adjacent to an activating group) is 1. The highest BCUT2D eigenvalue weighted by Gasteiger charge is 2.40. The third-order valence-electron chi connectivity index (χ3n) is 0.929. The SMILES string of the molecule is C=C(F)C(NC)C(F)(F)F. The normalized spacial score (nSPS) is 14.9. The van der Waals surface area contributed by atoms with Gasteiger partial charge in [-0.05, 0) is 7.05 Å². The summed E-state index contributed by atoms with van der Waals surface area (Å²) in [5.41, 5.74) is 0. The molecule has 0 fully saturated rings. The number of alkyl halides is 3. The molecule has 0 spiro atoms. The molecule has 0 saturated heterocycles. The van der Waals surface area contributed by atoms with E-state index in [0.717, 1.165) is 7.05 Å². The van der Waals surface area contributed by atoms with Gasteiger partial charge in [-0.15, -0.1) is 0 Å². The fourth-order valence-corrected chi connectivity index (χ4v) is 0.498. The first-order valence-electron chi connectivity index (χ1n) is 2.48. The first-order valence-corrected chi connectivity index (χ1v) is 2.48. The Labute approximate surface area is 55.7 Å². The third-order valence-corrected chi connectivity index (χ3v) is 0.929. The first kappa shape index (κ1) is 9.42. The second-order valence-electron chi connectivity index (χ2n) is 1.71. The lowest BCUT2D eigenvalue weighted by molar-refractivity contribution is -0.149. The summed E-state index contributed by atoms with van der Waals surface area (Å²) in [4.78, 5) is 0. The van der Waals surface area contributed by atoms with Crippen LogP contribution < -0.4 is 5.32 Å². The Hall–Kier alpha value is -0.580. The minimum absolute atomic E-state index is 1.02. The van der Waals surface area contributed by atoms with Gasteiger partial charge in [0.1, 0.15) is 5.83 Å². The van der Waals surface area contributed by atoms with E-state index in [0.29, 0.717) is 0 Å². The number of hydrogen-bond donors (Lipinski definition) is 1. The summed E-state index contributed by atoms with van der Waals surface area (Å²) in [5, 5.41) is 1.74. The van der Waals surface area contributed by atoms with E-state index in [4.69, 9.17) is 0 Å². The molecule has 0 aliphatic rings. The van der Waals surface area contributed by atoms with Gasteiger partial charge in [0.15, 0.2) is 6.04 Å². The van der Waals surface area contributed by atoms with E-state index in [-0.39, 0.29) is 0 Å². The van der Waals surface area contributed by atoms with E-state index in [9.17, 15) is 17.6 Å². The molecule has 60 valence electrons. The maximum atomic E-state index is 11.9. The van der Waals surface area contributed by atoms with Crippen molar-refractivity contribution in [1.29, 1.82) is 0 Å². The lowest BCUT2D eigenvalue weighted by Gasteiger charge is -2.16. The molecule has 0 aliphatic carbocycles. The minimum Gasteiger partial charge on any atom is -0.304 e. The van der Waals surface area contributed by atoms with Crippen LogP contribution in [0.25, 0.3) is 0 Å². The Kier molecular flexibility index (Phi) is 2.83. The summed E-state index contributed by atoms with van der Waals surface area (Å²) in [6, 6.07) is -2.24. The van der Waals surface area contributed by atoms with Gasteiger partial charge >= 0.3 is 6.18 Å². The van der Waals surface area contributed by atoms with Crippen LogP contribution >= 0.6 is 0 Å². The molecule has 1 nitrogen and oxygen atoms in total. The van der Waals surface area contributed by atoms with E-state index in [1.807, 2.05) is 0 Å². The van der Waals surface area contributed by atoms with Crippen molar-refractivity contribution in [1.82, 2.24) is 5.32 Å². The van der Waals surface area contributed by atoms with Gasteiger partial charge in [-0.2, -0.15) is 13.2 Å². The summed E-state index contributed by atoms with van der Waals surface area (Å²) in [7, 11) is 1.02. The highest BCUT2D eigenvalue weighted by atomic mass is 19.4. The van der Waals surface area contributed by atoms with Gasteiger partial charge in [0, 0.05) is 0 Å². The van der Waals surface area contributed by atoms with Gasteiger partial charge in [0.05, 0.1) is 0 Å². The van der Waals surface area contributed by atoms with Gasteiger partial charge in [-0.1, -0.05) is 6.58 Å². The molecule has 0 aliphatic heterocycles. The largest absolute Gasteiger partial charge is 0.410 e.